The summed E-state index contributed by atoms with van der Waals surface area (Å²) >= 11 is 0. The van der Waals surface area contributed by atoms with E-state index >= 15 is 0 Å². The molecule has 0 saturated carbocycles. The van der Waals surface area contributed by atoms with Crippen molar-refractivity contribution in [2.75, 3.05) is 11.9 Å². The van der Waals surface area contributed by atoms with Crippen molar-refractivity contribution < 1.29 is 9.59 Å². The topological polar surface area (TPSA) is 37.4 Å². The van der Waals surface area contributed by atoms with Crippen molar-refractivity contribution in [2.45, 2.75) is 12.8 Å². The first-order valence-electron chi connectivity index (χ1n) is 4.48. The smallest absolute Gasteiger partial charge is 0.241 e. The minimum absolute atomic E-state index is 0.138. The Morgan fingerprint density at radius 3 is 2.79 bits per heavy atom. The molecule has 1 aromatic rings. The minimum atomic E-state index is -0.601. The van der Waals surface area contributed by atoms with E-state index in [-0.39, 0.29) is 5.91 Å². The zero-order valence-electron chi connectivity index (χ0n) is 8.15. The number of likely N-dealkylation sites (N-methyl/N-ethyl adjacent to an activating group) is 1. The second-order valence-electron chi connectivity index (χ2n) is 3.57. The van der Waals surface area contributed by atoms with E-state index in [1.54, 1.807) is 11.9 Å². The van der Waals surface area contributed by atoms with Gasteiger partial charge in [0.05, 0.1) is 0 Å². The highest BCUT2D eigenvalue weighted by atomic mass is 16.2. The van der Waals surface area contributed by atoms with Gasteiger partial charge in [0, 0.05) is 12.7 Å². The number of carbonyl (C=O) groups excluding carboxylic acids is 2. The van der Waals surface area contributed by atoms with Gasteiger partial charge in [-0.2, -0.15) is 0 Å². The second kappa shape index (κ2) is 2.94. The minimum Gasteiger partial charge on any atom is -0.314 e. The average Bonchev–Trinajstić information content (AvgIpc) is 2.41. The Morgan fingerprint density at radius 1 is 1.43 bits per heavy atom. The highest BCUT2D eigenvalue weighted by Crippen LogP contribution is 2.35. The molecule has 1 heterocycles. The third-order valence-corrected chi connectivity index (χ3v) is 2.62. The van der Waals surface area contributed by atoms with Gasteiger partial charge in [-0.3, -0.25) is 4.79 Å². The predicted octanol–water partition coefficient (Wildman–Crippen LogP) is 1.25. The number of amides is 1. The first-order chi connectivity index (χ1) is 6.65. The number of rotatable bonds is 1. The van der Waals surface area contributed by atoms with Crippen LogP contribution in [-0.2, 0) is 9.59 Å². The van der Waals surface area contributed by atoms with Crippen molar-refractivity contribution in [3.63, 3.8) is 0 Å². The summed E-state index contributed by atoms with van der Waals surface area (Å²) in [6.07, 6.45) is 0.708. The van der Waals surface area contributed by atoms with Crippen LogP contribution in [0.2, 0.25) is 0 Å². The number of aryl methyl sites for hydroxylation is 1. The lowest BCUT2D eigenvalue weighted by Gasteiger charge is -2.09. The van der Waals surface area contributed by atoms with E-state index in [0.717, 1.165) is 16.8 Å². The van der Waals surface area contributed by atoms with Crippen LogP contribution < -0.4 is 4.90 Å². The highest BCUT2D eigenvalue weighted by molar-refractivity contribution is 6.12. The zero-order valence-corrected chi connectivity index (χ0v) is 8.15. The number of carbonyl (C=O) groups is 2. The Kier molecular flexibility index (Phi) is 1.88. The van der Waals surface area contributed by atoms with Crippen LogP contribution in [0, 0.1) is 6.92 Å². The highest BCUT2D eigenvalue weighted by Gasteiger charge is 2.34. The Labute approximate surface area is 82.3 Å². The van der Waals surface area contributed by atoms with Crippen LogP contribution >= 0.6 is 0 Å². The van der Waals surface area contributed by atoms with Crippen molar-refractivity contribution in [1.82, 2.24) is 0 Å². The SMILES string of the molecule is Cc1ccc2c(c1)N(C)C(=O)C2C=O. The summed E-state index contributed by atoms with van der Waals surface area (Å²) in [5, 5.41) is 0. The van der Waals surface area contributed by atoms with E-state index in [4.69, 9.17) is 0 Å². The van der Waals surface area contributed by atoms with E-state index in [2.05, 4.69) is 0 Å². The molecule has 72 valence electrons. The number of hydrogen-bond acceptors (Lipinski definition) is 2. The fraction of sp³-hybridized carbons (Fsp3) is 0.273. The van der Waals surface area contributed by atoms with Crippen molar-refractivity contribution in [1.29, 1.82) is 0 Å². The molecule has 0 radical (unpaired) electrons. The predicted molar refractivity (Wildman–Crippen MR) is 53.4 cm³/mol. The van der Waals surface area contributed by atoms with Gasteiger partial charge < -0.3 is 9.69 Å². The second-order valence-corrected chi connectivity index (χ2v) is 3.57. The van der Waals surface area contributed by atoms with Crippen LogP contribution in [0.15, 0.2) is 18.2 Å². The molecule has 0 N–H and O–H groups in total. The first-order valence-corrected chi connectivity index (χ1v) is 4.48. The van der Waals surface area contributed by atoms with E-state index in [1.165, 1.54) is 0 Å². The number of aldehydes is 1. The summed E-state index contributed by atoms with van der Waals surface area (Å²) in [4.78, 5) is 23.9. The Hall–Kier alpha value is -1.64. The van der Waals surface area contributed by atoms with E-state index in [9.17, 15) is 9.59 Å². The molecule has 3 nitrogen and oxygen atoms in total. The summed E-state index contributed by atoms with van der Waals surface area (Å²) in [5.41, 5.74) is 2.76. The van der Waals surface area contributed by atoms with Crippen LogP contribution in [-0.4, -0.2) is 19.2 Å². The third-order valence-electron chi connectivity index (χ3n) is 2.62. The molecule has 0 saturated heterocycles. The van der Waals surface area contributed by atoms with Crippen molar-refractivity contribution >= 4 is 17.9 Å². The summed E-state index contributed by atoms with van der Waals surface area (Å²) in [7, 11) is 1.70. The molecule has 1 aromatic carbocycles. The van der Waals surface area contributed by atoms with Crippen molar-refractivity contribution in [3.8, 4) is 0 Å². The number of fused-ring (bicyclic) bond motifs is 1. The lowest BCUT2D eigenvalue weighted by atomic mass is 10.0. The van der Waals surface area contributed by atoms with Crippen LogP contribution in [0.4, 0.5) is 5.69 Å². The summed E-state index contributed by atoms with van der Waals surface area (Å²) in [6, 6.07) is 5.70. The Balaban J connectivity index is 2.61. The first kappa shape index (κ1) is 8.94. The standard InChI is InChI=1S/C11H11NO2/c1-7-3-4-8-9(6-13)11(14)12(2)10(8)5-7/h3-6,9H,1-2H3. The van der Waals surface area contributed by atoms with Crippen molar-refractivity contribution in [2.24, 2.45) is 0 Å². The van der Waals surface area contributed by atoms with Crippen LogP contribution in [0.5, 0.6) is 0 Å². The zero-order chi connectivity index (χ0) is 10.3. The van der Waals surface area contributed by atoms with Gasteiger partial charge in [0.15, 0.2) is 0 Å². The van der Waals surface area contributed by atoms with E-state index in [0.29, 0.717) is 6.29 Å². The Bertz CT molecular complexity index is 412. The maximum Gasteiger partial charge on any atom is 0.241 e. The van der Waals surface area contributed by atoms with Gasteiger partial charge in [-0.1, -0.05) is 12.1 Å². The monoisotopic (exact) mass is 189 g/mol. The molecule has 0 fully saturated rings. The maximum atomic E-state index is 11.6. The molecule has 0 bridgehead atoms. The molecular formula is C11H11NO2. The lowest BCUT2D eigenvalue weighted by Crippen LogP contribution is -2.24. The fourth-order valence-corrected chi connectivity index (χ4v) is 1.80. The molecule has 3 heteroatoms. The molecule has 1 atom stereocenters. The van der Waals surface area contributed by atoms with Gasteiger partial charge in [-0.05, 0) is 24.1 Å². The van der Waals surface area contributed by atoms with E-state index < -0.39 is 5.92 Å². The lowest BCUT2D eigenvalue weighted by molar-refractivity contribution is -0.122. The van der Waals surface area contributed by atoms with Crippen LogP contribution in [0.1, 0.15) is 17.0 Å². The van der Waals surface area contributed by atoms with E-state index in [1.807, 2.05) is 25.1 Å². The largest absolute Gasteiger partial charge is 0.314 e. The normalized spacial score (nSPS) is 19.7. The van der Waals surface area contributed by atoms with Crippen LogP contribution in [0.3, 0.4) is 0 Å². The number of benzene rings is 1. The number of nitrogens with zero attached hydrogens (tertiary/aromatic N) is 1. The van der Waals surface area contributed by atoms with Gasteiger partial charge in [0.25, 0.3) is 0 Å². The molecule has 1 aliphatic rings. The molecule has 0 spiro atoms. The quantitative estimate of drug-likeness (QED) is 0.492. The third kappa shape index (κ3) is 1.05. The van der Waals surface area contributed by atoms with Gasteiger partial charge >= 0.3 is 0 Å². The van der Waals surface area contributed by atoms with Crippen LogP contribution in [0.25, 0.3) is 0 Å². The average molecular weight is 189 g/mol. The molecule has 1 amide bonds. The molecule has 1 unspecified atom stereocenters. The van der Waals surface area contributed by atoms with Gasteiger partial charge in [-0.25, -0.2) is 0 Å². The molecule has 14 heavy (non-hydrogen) atoms. The Morgan fingerprint density at radius 2 is 2.14 bits per heavy atom. The summed E-state index contributed by atoms with van der Waals surface area (Å²) < 4.78 is 0. The van der Waals surface area contributed by atoms with Gasteiger partial charge in [0.2, 0.25) is 5.91 Å². The summed E-state index contributed by atoms with van der Waals surface area (Å²) in [5.74, 6) is -0.740. The number of hydrogen-bond donors (Lipinski definition) is 0. The summed E-state index contributed by atoms with van der Waals surface area (Å²) in [6.45, 7) is 1.97. The van der Waals surface area contributed by atoms with Gasteiger partial charge in [-0.15, -0.1) is 0 Å². The van der Waals surface area contributed by atoms with Crippen molar-refractivity contribution in [3.05, 3.63) is 29.3 Å². The molecule has 0 aliphatic carbocycles. The molecule has 0 aromatic heterocycles. The maximum absolute atomic E-state index is 11.6. The molecule has 2 rings (SSSR count). The fourth-order valence-electron chi connectivity index (χ4n) is 1.80. The molecular weight excluding hydrogens is 178 g/mol. The number of anilines is 1. The molecule has 1 aliphatic heterocycles. The van der Waals surface area contributed by atoms with Gasteiger partial charge in [0.1, 0.15) is 12.2 Å².